The first-order chi connectivity index (χ1) is 15.6. The van der Waals surface area contributed by atoms with Crippen LogP contribution in [0.2, 0.25) is 0 Å². The van der Waals surface area contributed by atoms with E-state index in [2.05, 4.69) is 15.6 Å². The first-order valence-corrected chi connectivity index (χ1v) is 11.1. The van der Waals surface area contributed by atoms with Crippen molar-refractivity contribution in [2.45, 2.75) is 11.5 Å². The van der Waals surface area contributed by atoms with Gasteiger partial charge in [0.05, 0.1) is 22.7 Å². The monoisotopic (exact) mass is 441 g/mol. The third-order valence-electron chi connectivity index (χ3n) is 5.01. The standard InChI is InChI=1S/C25H19N3O3S/c29-24-15-32-23-13-18(10-11-22(23)28-24)27-25(30)17-5-3-6-20(12-17)31-14-19-9-8-16-4-1-2-7-21(16)26-19/h1-13H,14-15H2,(H,27,30)(H,28,29). The SMILES string of the molecule is O=C1CSc2cc(NC(=O)c3cccc(OCc4ccc5ccccc5n4)c3)ccc2N1. The van der Waals surface area contributed by atoms with Crippen molar-refractivity contribution in [2.24, 2.45) is 0 Å². The van der Waals surface area contributed by atoms with Crippen molar-refractivity contribution in [3.05, 3.63) is 90.1 Å². The van der Waals surface area contributed by atoms with E-state index in [9.17, 15) is 9.59 Å². The molecule has 5 rings (SSSR count). The molecule has 0 spiro atoms. The van der Waals surface area contributed by atoms with Gasteiger partial charge in [-0.2, -0.15) is 0 Å². The predicted molar refractivity (Wildman–Crippen MR) is 126 cm³/mol. The molecule has 32 heavy (non-hydrogen) atoms. The van der Waals surface area contributed by atoms with Gasteiger partial charge in [0.25, 0.3) is 5.91 Å². The number of thioether (sulfide) groups is 1. The van der Waals surface area contributed by atoms with Gasteiger partial charge in [-0.3, -0.25) is 9.59 Å². The summed E-state index contributed by atoms with van der Waals surface area (Å²) in [5.74, 6) is 0.714. The number of para-hydroxylation sites is 1. The lowest BCUT2D eigenvalue weighted by atomic mass is 10.2. The highest BCUT2D eigenvalue weighted by Gasteiger charge is 2.16. The molecule has 2 amide bonds. The lowest BCUT2D eigenvalue weighted by Crippen LogP contribution is -2.19. The van der Waals surface area contributed by atoms with Crippen molar-refractivity contribution >= 4 is 45.9 Å². The van der Waals surface area contributed by atoms with E-state index < -0.39 is 0 Å². The summed E-state index contributed by atoms with van der Waals surface area (Å²) in [6.07, 6.45) is 0. The first kappa shape index (κ1) is 20.1. The second kappa shape index (κ2) is 8.72. The fraction of sp³-hybridized carbons (Fsp3) is 0.0800. The number of ether oxygens (including phenoxy) is 1. The van der Waals surface area contributed by atoms with Gasteiger partial charge < -0.3 is 15.4 Å². The number of hydrogen-bond acceptors (Lipinski definition) is 5. The van der Waals surface area contributed by atoms with E-state index in [1.165, 1.54) is 11.8 Å². The Bertz CT molecular complexity index is 1340. The Hall–Kier alpha value is -3.84. The van der Waals surface area contributed by atoms with Gasteiger partial charge in [-0.25, -0.2) is 4.98 Å². The summed E-state index contributed by atoms with van der Waals surface area (Å²) < 4.78 is 5.88. The number of benzene rings is 3. The summed E-state index contributed by atoms with van der Waals surface area (Å²) in [5, 5.41) is 6.81. The van der Waals surface area contributed by atoms with Crippen LogP contribution in [-0.4, -0.2) is 22.6 Å². The highest BCUT2D eigenvalue weighted by atomic mass is 32.2. The average molecular weight is 442 g/mol. The van der Waals surface area contributed by atoms with Crippen LogP contribution >= 0.6 is 11.8 Å². The van der Waals surface area contributed by atoms with Crippen molar-refractivity contribution in [3.63, 3.8) is 0 Å². The minimum absolute atomic E-state index is 0.0185. The molecule has 1 aromatic heterocycles. The minimum atomic E-state index is -0.232. The van der Waals surface area contributed by atoms with Crippen molar-refractivity contribution < 1.29 is 14.3 Å². The zero-order valence-corrected chi connectivity index (χ0v) is 17.8. The summed E-state index contributed by atoms with van der Waals surface area (Å²) in [6.45, 7) is 0.309. The van der Waals surface area contributed by atoms with Crippen LogP contribution < -0.4 is 15.4 Å². The number of nitrogens with zero attached hydrogens (tertiary/aromatic N) is 1. The van der Waals surface area contributed by atoms with Gasteiger partial charge in [-0.15, -0.1) is 11.8 Å². The van der Waals surface area contributed by atoms with Gasteiger partial charge in [0.15, 0.2) is 0 Å². The Balaban J connectivity index is 1.26. The van der Waals surface area contributed by atoms with E-state index >= 15 is 0 Å². The quantitative estimate of drug-likeness (QED) is 0.450. The molecule has 1 aliphatic rings. The minimum Gasteiger partial charge on any atom is -0.487 e. The molecule has 0 fully saturated rings. The third kappa shape index (κ3) is 4.43. The predicted octanol–water partition coefficient (Wildman–Crippen LogP) is 5.11. The topological polar surface area (TPSA) is 80.3 Å². The average Bonchev–Trinajstić information content (AvgIpc) is 2.83. The van der Waals surface area contributed by atoms with Gasteiger partial charge in [0.1, 0.15) is 12.4 Å². The zero-order valence-electron chi connectivity index (χ0n) is 17.0. The number of aromatic nitrogens is 1. The summed E-state index contributed by atoms with van der Waals surface area (Å²) in [6, 6.07) is 24.4. The Morgan fingerprint density at radius 3 is 2.88 bits per heavy atom. The molecule has 0 aliphatic carbocycles. The maximum absolute atomic E-state index is 12.8. The molecule has 0 radical (unpaired) electrons. The number of carbonyl (C=O) groups excluding carboxylic acids is 2. The summed E-state index contributed by atoms with van der Waals surface area (Å²) >= 11 is 1.45. The van der Waals surface area contributed by atoms with Crippen LogP contribution in [0.25, 0.3) is 10.9 Å². The smallest absolute Gasteiger partial charge is 0.255 e. The number of amides is 2. The maximum atomic E-state index is 12.8. The van der Waals surface area contributed by atoms with E-state index in [0.29, 0.717) is 29.4 Å². The van der Waals surface area contributed by atoms with Crippen LogP contribution in [0, 0.1) is 0 Å². The van der Waals surface area contributed by atoms with Crippen molar-refractivity contribution in [1.29, 1.82) is 0 Å². The summed E-state index contributed by atoms with van der Waals surface area (Å²) in [5.41, 5.74) is 3.67. The molecule has 0 saturated carbocycles. The summed E-state index contributed by atoms with van der Waals surface area (Å²) in [4.78, 5) is 29.8. The number of fused-ring (bicyclic) bond motifs is 2. The Kier molecular flexibility index (Phi) is 5.47. The van der Waals surface area contributed by atoms with Gasteiger partial charge >= 0.3 is 0 Å². The molecule has 7 heteroatoms. The molecule has 1 aliphatic heterocycles. The van der Waals surface area contributed by atoms with Crippen LogP contribution in [0.4, 0.5) is 11.4 Å². The molecule has 158 valence electrons. The third-order valence-corrected chi connectivity index (χ3v) is 6.07. The number of pyridine rings is 1. The zero-order chi connectivity index (χ0) is 21.9. The first-order valence-electron chi connectivity index (χ1n) is 10.1. The van der Waals surface area contributed by atoms with Crippen LogP contribution in [0.3, 0.4) is 0 Å². The van der Waals surface area contributed by atoms with Crippen LogP contribution in [0.5, 0.6) is 5.75 Å². The molecule has 3 aromatic carbocycles. The van der Waals surface area contributed by atoms with E-state index in [1.54, 1.807) is 30.3 Å². The van der Waals surface area contributed by atoms with Gasteiger partial charge in [-0.1, -0.05) is 30.3 Å². The molecule has 2 heterocycles. The van der Waals surface area contributed by atoms with E-state index in [0.717, 1.165) is 27.2 Å². The normalized spacial score (nSPS) is 12.7. The molecule has 6 nitrogen and oxygen atoms in total. The molecular weight excluding hydrogens is 422 g/mol. The van der Waals surface area contributed by atoms with Crippen molar-refractivity contribution in [2.75, 3.05) is 16.4 Å². The van der Waals surface area contributed by atoms with Gasteiger partial charge in [-0.05, 0) is 48.5 Å². The van der Waals surface area contributed by atoms with E-state index in [-0.39, 0.29) is 11.8 Å². The maximum Gasteiger partial charge on any atom is 0.255 e. The molecule has 0 saturated heterocycles. The second-order valence-corrected chi connectivity index (χ2v) is 8.33. The Morgan fingerprint density at radius 2 is 1.94 bits per heavy atom. The lowest BCUT2D eigenvalue weighted by Gasteiger charge is -2.17. The van der Waals surface area contributed by atoms with E-state index in [1.807, 2.05) is 48.5 Å². The largest absolute Gasteiger partial charge is 0.487 e. The molecular formula is C25H19N3O3S. The Morgan fingerprint density at radius 1 is 1.03 bits per heavy atom. The van der Waals surface area contributed by atoms with Gasteiger partial charge in [0, 0.05) is 21.5 Å². The number of hydrogen-bond donors (Lipinski definition) is 2. The van der Waals surface area contributed by atoms with E-state index in [4.69, 9.17) is 4.74 Å². The molecule has 0 unspecified atom stereocenters. The number of rotatable bonds is 5. The molecule has 2 N–H and O–H groups in total. The van der Waals surface area contributed by atoms with Crippen LogP contribution in [0.1, 0.15) is 16.1 Å². The fourth-order valence-electron chi connectivity index (χ4n) is 3.43. The summed E-state index contributed by atoms with van der Waals surface area (Å²) in [7, 11) is 0. The van der Waals surface area contributed by atoms with Crippen molar-refractivity contribution in [1.82, 2.24) is 4.98 Å². The van der Waals surface area contributed by atoms with Gasteiger partial charge in [0.2, 0.25) is 5.91 Å². The highest BCUT2D eigenvalue weighted by Crippen LogP contribution is 2.33. The lowest BCUT2D eigenvalue weighted by molar-refractivity contribution is -0.113. The fourth-order valence-corrected chi connectivity index (χ4v) is 4.27. The number of anilines is 2. The number of carbonyl (C=O) groups is 2. The molecule has 0 atom stereocenters. The number of nitrogens with one attached hydrogen (secondary N) is 2. The Labute approximate surface area is 189 Å². The molecule has 0 bridgehead atoms. The van der Waals surface area contributed by atoms with Crippen LogP contribution in [-0.2, 0) is 11.4 Å². The molecule has 4 aromatic rings. The highest BCUT2D eigenvalue weighted by molar-refractivity contribution is 8.00. The van der Waals surface area contributed by atoms with Crippen molar-refractivity contribution in [3.8, 4) is 5.75 Å². The van der Waals surface area contributed by atoms with Crippen LogP contribution in [0.15, 0.2) is 83.8 Å². The second-order valence-electron chi connectivity index (χ2n) is 7.31.